The molecule has 2 rings (SSSR count). The van der Waals surface area contributed by atoms with Gasteiger partial charge in [-0.25, -0.2) is 4.98 Å². The maximum atomic E-state index is 4.37. The van der Waals surface area contributed by atoms with Crippen molar-refractivity contribution < 1.29 is 0 Å². The molecule has 0 radical (unpaired) electrons. The molecule has 1 saturated carbocycles. The van der Waals surface area contributed by atoms with E-state index in [1.165, 1.54) is 32.1 Å². The first-order valence-corrected chi connectivity index (χ1v) is 6.78. The molecule has 0 aromatic carbocycles. The topological polar surface area (TPSA) is 42.7 Å². The van der Waals surface area contributed by atoms with Crippen LogP contribution in [0.15, 0.2) is 6.33 Å². The fourth-order valence-corrected chi connectivity index (χ4v) is 3.00. The number of nitrogens with zero attached hydrogens (tertiary/aromatic N) is 3. The van der Waals surface area contributed by atoms with Crippen LogP contribution in [0.2, 0.25) is 0 Å². The highest BCUT2D eigenvalue weighted by molar-refractivity contribution is 4.89. The van der Waals surface area contributed by atoms with Crippen molar-refractivity contribution >= 4 is 0 Å². The van der Waals surface area contributed by atoms with Gasteiger partial charge in [0.2, 0.25) is 0 Å². The monoisotopic (exact) mass is 236 g/mol. The molecule has 0 spiro atoms. The minimum atomic E-state index is 0.771. The van der Waals surface area contributed by atoms with Crippen molar-refractivity contribution in [3.8, 4) is 0 Å². The quantitative estimate of drug-likeness (QED) is 0.810. The molecule has 17 heavy (non-hydrogen) atoms. The fraction of sp³-hybridized carbons (Fsp3) is 0.846. The van der Waals surface area contributed by atoms with Crippen LogP contribution in [-0.4, -0.2) is 28.4 Å². The Labute approximate surface area is 104 Å². The van der Waals surface area contributed by atoms with E-state index in [9.17, 15) is 0 Å². The lowest BCUT2D eigenvalue weighted by molar-refractivity contribution is 0.297. The van der Waals surface area contributed by atoms with Gasteiger partial charge in [0, 0.05) is 13.5 Å². The largest absolute Gasteiger partial charge is 0.319 e. The third-order valence-electron chi connectivity index (χ3n) is 4.03. The van der Waals surface area contributed by atoms with E-state index in [0.29, 0.717) is 0 Å². The third-order valence-corrected chi connectivity index (χ3v) is 4.03. The smallest absolute Gasteiger partial charge is 0.138 e. The van der Waals surface area contributed by atoms with Gasteiger partial charge in [0.05, 0.1) is 0 Å². The highest BCUT2D eigenvalue weighted by Crippen LogP contribution is 2.30. The maximum Gasteiger partial charge on any atom is 0.138 e. The van der Waals surface area contributed by atoms with Crippen molar-refractivity contribution in [3.05, 3.63) is 12.2 Å². The molecule has 0 amide bonds. The van der Waals surface area contributed by atoms with Crippen LogP contribution < -0.4 is 5.32 Å². The van der Waals surface area contributed by atoms with Crippen LogP contribution in [-0.2, 0) is 13.5 Å². The second kappa shape index (κ2) is 6.15. The van der Waals surface area contributed by atoms with Gasteiger partial charge >= 0.3 is 0 Å². The van der Waals surface area contributed by atoms with E-state index in [1.54, 1.807) is 6.33 Å². The van der Waals surface area contributed by atoms with Crippen LogP contribution in [0.3, 0.4) is 0 Å². The number of rotatable bonds is 4. The molecule has 1 heterocycles. The predicted octanol–water partition coefficient (Wildman–Crippen LogP) is 1.77. The number of hydrogen-bond donors (Lipinski definition) is 1. The average molecular weight is 236 g/mol. The number of aromatic nitrogens is 3. The standard InChI is InChI=1S/C13H24N4/c1-14-9-12-7-5-3-4-6-11(12)8-13-15-10-16-17(13)2/h10-12,14H,3-9H2,1-2H3. The van der Waals surface area contributed by atoms with Crippen molar-refractivity contribution in [2.45, 2.75) is 38.5 Å². The van der Waals surface area contributed by atoms with Crippen LogP contribution in [0.5, 0.6) is 0 Å². The zero-order valence-corrected chi connectivity index (χ0v) is 11.0. The Bertz CT molecular complexity index is 334. The molecule has 1 aliphatic rings. The first-order chi connectivity index (χ1) is 8.31. The molecule has 2 atom stereocenters. The van der Waals surface area contributed by atoms with Crippen molar-refractivity contribution in [1.82, 2.24) is 20.1 Å². The van der Waals surface area contributed by atoms with E-state index >= 15 is 0 Å². The van der Waals surface area contributed by atoms with Gasteiger partial charge in [-0.05, 0) is 38.3 Å². The first kappa shape index (κ1) is 12.6. The zero-order chi connectivity index (χ0) is 12.1. The lowest BCUT2D eigenvalue weighted by atomic mass is 9.85. The van der Waals surface area contributed by atoms with Crippen molar-refractivity contribution in [1.29, 1.82) is 0 Å². The molecule has 1 fully saturated rings. The molecule has 1 N–H and O–H groups in total. The van der Waals surface area contributed by atoms with E-state index in [1.807, 2.05) is 11.7 Å². The van der Waals surface area contributed by atoms with E-state index < -0.39 is 0 Å². The summed E-state index contributed by atoms with van der Waals surface area (Å²) < 4.78 is 1.92. The summed E-state index contributed by atoms with van der Waals surface area (Å²) in [6, 6.07) is 0. The summed E-state index contributed by atoms with van der Waals surface area (Å²) in [5.41, 5.74) is 0. The molecule has 2 unspecified atom stereocenters. The molecular weight excluding hydrogens is 212 g/mol. The second-order valence-electron chi connectivity index (χ2n) is 5.22. The summed E-state index contributed by atoms with van der Waals surface area (Å²) in [5, 5.41) is 7.51. The van der Waals surface area contributed by atoms with Gasteiger partial charge < -0.3 is 5.32 Å². The number of nitrogens with one attached hydrogen (secondary N) is 1. The Morgan fingerprint density at radius 3 is 2.71 bits per heavy atom. The second-order valence-corrected chi connectivity index (χ2v) is 5.22. The van der Waals surface area contributed by atoms with Crippen LogP contribution in [0.4, 0.5) is 0 Å². The van der Waals surface area contributed by atoms with E-state index in [-0.39, 0.29) is 0 Å². The molecule has 4 nitrogen and oxygen atoms in total. The van der Waals surface area contributed by atoms with Crippen LogP contribution in [0.1, 0.15) is 37.9 Å². The van der Waals surface area contributed by atoms with Gasteiger partial charge in [-0.2, -0.15) is 5.10 Å². The Morgan fingerprint density at radius 2 is 2.06 bits per heavy atom. The SMILES string of the molecule is CNCC1CCCCCC1Cc1ncnn1C. The van der Waals surface area contributed by atoms with Crippen molar-refractivity contribution in [3.63, 3.8) is 0 Å². The van der Waals surface area contributed by atoms with Gasteiger partial charge in [-0.1, -0.05) is 19.3 Å². The summed E-state index contributed by atoms with van der Waals surface area (Å²) in [5.74, 6) is 2.71. The highest BCUT2D eigenvalue weighted by atomic mass is 15.3. The summed E-state index contributed by atoms with van der Waals surface area (Å²) >= 11 is 0. The van der Waals surface area contributed by atoms with Gasteiger partial charge in [-0.15, -0.1) is 0 Å². The summed E-state index contributed by atoms with van der Waals surface area (Å²) in [7, 11) is 4.05. The first-order valence-electron chi connectivity index (χ1n) is 6.78. The molecule has 0 bridgehead atoms. The molecule has 1 aromatic heterocycles. The molecule has 0 saturated heterocycles. The average Bonchev–Trinajstić information content (AvgIpc) is 2.59. The van der Waals surface area contributed by atoms with Crippen LogP contribution in [0.25, 0.3) is 0 Å². The molecule has 1 aromatic rings. The zero-order valence-electron chi connectivity index (χ0n) is 11.0. The van der Waals surface area contributed by atoms with E-state index in [4.69, 9.17) is 0 Å². The Morgan fingerprint density at radius 1 is 1.29 bits per heavy atom. The lowest BCUT2D eigenvalue weighted by Gasteiger charge is -2.24. The fourth-order valence-electron chi connectivity index (χ4n) is 3.00. The maximum absolute atomic E-state index is 4.37. The number of aryl methyl sites for hydroxylation is 1. The Kier molecular flexibility index (Phi) is 4.54. The van der Waals surface area contributed by atoms with Crippen LogP contribution in [0, 0.1) is 11.8 Å². The predicted molar refractivity (Wildman–Crippen MR) is 68.7 cm³/mol. The molecule has 0 aliphatic heterocycles. The van der Waals surface area contributed by atoms with Gasteiger partial charge in [0.1, 0.15) is 12.2 Å². The van der Waals surface area contributed by atoms with Crippen LogP contribution >= 0.6 is 0 Å². The van der Waals surface area contributed by atoms with Crippen molar-refractivity contribution in [2.75, 3.05) is 13.6 Å². The molecule has 4 heteroatoms. The third kappa shape index (κ3) is 3.28. The van der Waals surface area contributed by atoms with Gasteiger partial charge in [-0.3, -0.25) is 4.68 Å². The van der Waals surface area contributed by atoms with Gasteiger partial charge in [0.25, 0.3) is 0 Å². The van der Waals surface area contributed by atoms with E-state index in [2.05, 4.69) is 22.4 Å². The normalized spacial score (nSPS) is 25.8. The minimum Gasteiger partial charge on any atom is -0.319 e. The highest BCUT2D eigenvalue weighted by Gasteiger charge is 2.24. The summed E-state index contributed by atoms with van der Waals surface area (Å²) in [4.78, 5) is 4.37. The van der Waals surface area contributed by atoms with Gasteiger partial charge in [0.15, 0.2) is 0 Å². The molecule has 96 valence electrons. The summed E-state index contributed by atoms with van der Waals surface area (Å²) in [6.45, 7) is 1.14. The Hall–Kier alpha value is -0.900. The molecule has 1 aliphatic carbocycles. The lowest BCUT2D eigenvalue weighted by Crippen LogP contribution is -2.27. The Balaban J connectivity index is 2.02. The van der Waals surface area contributed by atoms with Crippen molar-refractivity contribution in [2.24, 2.45) is 18.9 Å². The van der Waals surface area contributed by atoms with E-state index in [0.717, 1.165) is 30.6 Å². The number of hydrogen-bond acceptors (Lipinski definition) is 3. The molecular formula is C13H24N4. The minimum absolute atomic E-state index is 0.771. The summed E-state index contributed by atoms with van der Waals surface area (Å²) in [6.07, 6.45) is 9.63.